The Balaban J connectivity index is 1.86. The van der Waals surface area contributed by atoms with Crippen LogP contribution in [-0.2, 0) is 4.74 Å². The number of piperazine rings is 1. The number of carbonyl (C=O) groups is 2. The lowest BCUT2D eigenvalue weighted by molar-refractivity contribution is 0.0876. The van der Waals surface area contributed by atoms with Crippen molar-refractivity contribution in [2.45, 2.75) is 6.92 Å². The molecule has 1 amide bonds. The first-order valence-electron chi connectivity index (χ1n) is 7.56. The van der Waals surface area contributed by atoms with Crippen LogP contribution >= 0.6 is 0 Å². The molecule has 0 saturated carbocycles. The van der Waals surface area contributed by atoms with E-state index in [1.807, 2.05) is 0 Å². The second-order valence-electron chi connectivity index (χ2n) is 5.43. The fourth-order valence-electron chi connectivity index (χ4n) is 2.32. The molecule has 0 radical (unpaired) electrons. The molecule has 6 nitrogen and oxygen atoms in total. The van der Waals surface area contributed by atoms with Crippen molar-refractivity contribution in [2.24, 2.45) is 0 Å². The summed E-state index contributed by atoms with van der Waals surface area (Å²) in [7, 11) is 2.09. The van der Waals surface area contributed by atoms with Gasteiger partial charge in [-0.05, 0) is 38.2 Å². The second kappa shape index (κ2) is 7.91. The number of anilines is 1. The Bertz CT molecular complexity index is 508. The maximum Gasteiger partial charge on any atom is 0.411 e. The Morgan fingerprint density at radius 1 is 1.14 bits per heavy atom. The van der Waals surface area contributed by atoms with E-state index < -0.39 is 6.09 Å². The summed E-state index contributed by atoms with van der Waals surface area (Å²) in [6, 6.07) is 6.90. The molecule has 0 unspecified atom stereocenters. The van der Waals surface area contributed by atoms with Crippen molar-refractivity contribution in [1.29, 1.82) is 0 Å². The standard InChI is InChI=1S/C16H23N3O3/c1-3-22-16(21)17-14-6-4-13(5-7-14)15(20)12-19-10-8-18(2)9-11-19/h4-7H,3,8-12H2,1-2H3,(H,17,21). The minimum Gasteiger partial charge on any atom is -0.450 e. The average Bonchev–Trinajstić information content (AvgIpc) is 2.50. The van der Waals surface area contributed by atoms with E-state index in [2.05, 4.69) is 22.2 Å². The first kappa shape index (κ1) is 16.5. The quantitative estimate of drug-likeness (QED) is 0.839. The molecule has 2 rings (SSSR count). The molecule has 1 aliphatic rings. The SMILES string of the molecule is CCOC(=O)Nc1ccc(C(=O)CN2CCN(C)CC2)cc1. The van der Waals surface area contributed by atoms with Crippen LogP contribution in [0.2, 0.25) is 0 Å². The van der Waals surface area contributed by atoms with Crippen LogP contribution < -0.4 is 5.32 Å². The van der Waals surface area contributed by atoms with Gasteiger partial charge in [0, 0.05) is 37.4 Å². The van der Waals surface area contributed by atoms with Crippen LogP contribution in [0.3, 0.4) is 0 Å². The van der Waals surface area contributed by atoms with E-state index in [1.54, 1.807) is 31.2 Å². The van der Waals surface area contributed by atoms with E-state index >= 15 is 0 Å². The van der Waals surface area contributed by atoms with E-state index in [1.165, 1.54) is 0 Å². The lowest BCUT2D eigenvalue weighted by atomic mass is 10.1. The summed E-state index contributed by atoms with van der Waals surface area (Å²) in [5.41, 5.74) is 1.28. The lowest BCUT2D eigenvalue weighted by Gasteiger charge is -2.31. The maximum atomic E-state index is 12.3. The third-order valence-corrected chi connectivity index (χ3v) is 3.69. The number of carbonyl (C=O) groups excluding carboxylic acids is 2. The topological polar surface area (TPSA) is 61.9 Å². The van der Waals surface area contributed by atoms with Crippen molar-refractivity contribution in [1.82, 2.24) is 9.80 Å². The van der Waals surface area contributed by atoms with Crippen molar-refractivity contribution in [2.75, 3.05) is 51.7 Å². The lowest BCUT2D eigenvalue weighted by Crippen LogP contribution is -2.46. The summed E-state index contributed by atoms with van der Waals surface area (Å²) in [5, 5.41) is 2.61. The third-order valence-electron chi connectivity index (χ3n) is 3.69. The summed E-state index contributed by atoms with van der Waals surface area (Å²) < 4.78 is 4.81. The number of hydrogen-bond donors (Lipinski definition) is 1. The summed E-state index contributed by atoms with van der Waals surface area (Å²) in [6.07, 6.45) is -0.487. The van der Waals surface area contributed by atoms with Crippen molar-refractivity contribution in [3.63, 3.8) is 0 Å². The largest absolute Gasteiger partial charge is 0.450 e. The number of ketones is 1. The van der Waals surface area contributed by atoms with Crippen LogP contribution in [0, 0.1) is 0 Å². The van der Waals surface area contributed by atoms with E-state index in [9.17, 15) is 9.59 Å². The molecule has 0 spiro atoms. The number of benzene rings is 1. The predicted molar refractivity (Wildman–Crippen MR) is 85.4 cm³/mol. The van der Waals surface area contributed by atoms with Crippen LogP contribution in [0.5, 0.6) is 0 Å². The molecule has 1 fully saturated rings. The van der Waals surface area contributed by atoms with Crippen molar-refractivity contribution in [3.05, 3.63) is 29.8 Å². The molecule has 0 bridgehead atoms. The Kier molecular flexibility index (Phi) is 5.91. The molecule has 1 aromatic rings. The Morgan fingerprint density at radius 3 is 2.36 bits per heavy atom. The number of amides is 1. The molecule has 120 valence electrons. The molecule has 0 aromatic heterocycles. The normalized spacial score (nSPS) is 16.3. The highest BCUT2D eigenvalue weighted by Crippen LogP contribution is 2.11. The molecule has 22 heavy (non-hydrogen) atoms. The summed E-state index contributed by atoms with van der Waals surface area (Å²) in [4.78, 5) is 28.0. The van der Waals surface area contributed by atoms with Crippen LogP contribution in [0.4, 0.5) is 10.5 Å². The van der Waals surface area contributed by atoms with Gasteiger partial charge < -0.3 is 9.64 Å². The summed E-state index contributed by atoms with van der Waals surface area (Å²) >= 11 is 0. The van der Waals surface area contributed by atoms with Crippen LogP contribution in [0.25, 0.3) is 0 Å². The molecule has 0 atom stereocenters. The van der Waals surface area contributed by atoms with Gasteiger partial charge in [-0.15, -0.1) is 0 Å². The number of rotatable bonds is 5. The fraction of sp³-hybridized carbons (Fsp3) is 0.500. The van der Waals surface area contributed by atoms with Gasteiger partial charge in [0.2, 0.25) is 0 Å². The highest BCUT2D eigenvalue weighted by molar-refractivity contribution is 5.98. The molecule has 1 aromatic carbocycles. The molecule has 1 saturated heterocycles. The second-order valence-corrected chi connectivity index (χ2v) is 5.43. The Labute approximate surface area is 131 Å². The zero-order chi connectivity index (χ0) is 15.9. The van der Waals surface area contributed by atoms with Crippen LogP contribution in [0.1, 0.15) is 17.3 Å². The number of nitrogens with one attached hydrogen (secondary N) is 1. The Morgan fingerprint density at radius 2 is 1.77 bits per heavy atom. The van der Waals surface area contributed by atoms with Gasteiger partial charge in [0.25, 0.3) is 0 Å². The number of hydrogen-bond acceptors (Lipinski definition) is 5. The maximum absolute atomic E-state index is 12.3. The van der Waals surface area contributed by atoms with Gasteiger partial charge in [0.15, 0.2) is 5.78 Å². The van der Waals surface area contributed by atoms with Gasteiger partial charge in [-0.2, -0.15) is 0 Å². The molecular formula is C16H23N3O3. The summed E-state index contributed by atoms with van der Waals surface area (Å²) in [6.45, 7) is 6.35. The zero-order valence-electron chi connectivity index (χ0n) is 13.2. The average molecular weight is 305 g/mol. The highest BCUT2D eigenvalue weighted by Gasteiger charge is 2.17. The molecule has 6 heteroatoms. The van der Waals surface area contributed by atoms with Crippen LogP contribution in [0.15, 0.2) is 24.3 Å². The van der Waals surface area contributed by atoms with Gasteiger partial charge in [-0.3, -0.25) is 15.0 Å². The van der Waals surface area contributed by atoms with Gasteiger partial charge in [0.1, 0.15) is 0 Å². The smallest absolute Gasteiger partial charge is 0.411 e. The van der Waals surface area contributed by atoms with E-state index in [-0.39, 0.29) is 5.78 Å². The fourth-order valence-corrected chi connectivity index (χ4v) is 2.32. The summed E-state index contributed by atoms with van der Waals surface area (Å²) in [5.74, 6) is 0.104. The van der Waals surface area contributed by atoms with Crippen molar-refractivity contribution < 1.29 is 14.3 Å². The van der Waals surface area contributed by atoms with E-state index in [4.69, 9.17) is 4.74 Å². The zero-order valence-corrected chi connectivity index (χ0v) is 13.2. The molecule has 0 aliphatic carbocycles. The van der Waals surface area contributed by atoms with E-state index in [0.717, 1.165) is 26.2 Å². The van der Waals surface area contributed by atoms with Gasteiger partial charge in [0.05, 0.1) is 13.2 Å². The highest BCUT2D eigenvalue weighted by atomic mass is 16.5. The predicted octanol–water partition coefficient (Wildman–Crippen LogP) is 1.69. The third kappa shape index (κ3) is 4.82. The first-order chi connectivity index (χ1) is 10.6. The van der Waals surface area contributed by atoms with Crippen molar-refractivity contribution in [3.8, 4) is 0 Å². The molecule has 1 aliphatic heterocycles. The monoisotopic (exact) mass is 305 g/mol. The Hall–Kier alpha value is -1.92. The van der Waals surface area contributed by atoms with Gasteiger partial charge in [-0.1, -0.05) is 0 Å². The number of ether oxygens (including phenoxy) is 1. The van der Waals surface area contributed by atoms with Crippen LogP contribution in [-0.4, -0.2) is 68.1 Å². The number of nitrogens with zero attached hydrogens (tertiary/aromatic N) is 2. The minimum absolute atomic E-state index is 0.104. The minimum atomic E-state index is -0.487. The molecule has 1 heterocycles. The van der Waals surface area contributed by atoms with Crippen molar-refractivity contribution >= 4 is 17.6 Å². The van der Waals surface area contributed by atoms with Gasteiger partial charge in [-0.25, -0.2) is 4.79 Å². The number of Topliss-reactive ketones (excluding diaryl/α,β-unsaturated/α-hetero) is 1. The molecule has 1 N–H and O–H groups in total. The molecular weight excluding hydrogens is 282 g/mol. The van der Waals surface area contributed by atoms with Gasteiger partial charge >= 0.3 is 6.09 Å². The first-order valence-corrected chi connectivity index (χ1v) is 7.56. The number of likely N-dealkylation sites (N-methyl/N-ethyl adjacent to an activating group) is 1. The van der Waals surface area contributed by atoms with E-state index in [0.29, 0.717) is 24.4 Å².